The number of halogens is 1. The molecule has 0 spiro atoms. The Balaban J connectivity index is 2.11. The van der Waals surface area contributed by atoms with Crippen LogP contribution in [-0.4, -0.2) is 5.78 Å². The Morgan fingerprint density at radius 1 is 1.38 bits per heavy atom. The molecule has 0 saturated carbocycles. The van der Waals surface area contributed by atoms with Crippen LogP contribution in [0.4, 0.5) is 0 Å². The van der Waals surface area contributed by atoms with Crippen molar-refractivity contribution >= 4 is 33.0 Å². The van der Waals surface area contributed by atoms with Gasteiger partial charge in [0, 0.05) is 10.0 Å². The SMILES string of the molecule is Cc1c[n+](CC(=O)c2ccc(Br)cc2)cs1. The topological polar surface area (TPSA) is 20.9 Å². The standard InChI is InChI=1S/C12H11BrNOS/c1-9-6-14(8-16-9)7-12(15)10-2-4-11(13)5-3-10/h2-6,8H,7H2,1H3/q+1. The zero-order valence-corrected chi connectivity index (χ0v) is 11.2. The molecular weight excluding hydrogens is 286 g/mol. The first-order valence-electron chi connectivity index (χ1n) is 4.88. The second kappa shape index (κ2) is 4.89. The predicted octanol–water partition coefficient (Wildman–Crippen LogP) is 2.99. The number of ketones is 1. The Kier molecular flexibility index (Phi) is 3.51. The van der Waals surface area contributed by atoms with Gasteiger partial charge in [-0.15, -0.1) is 0 Å². The summed E-state index contributed by atoms with van der Waals surface area (Å²) in [6.07, 6.45) is 1.99. The molecule has 0 radical (unpaired) electrons. The Morgan fingerprint density at radius 3 is 2.62 bits per heavy atom. The molecule has 0 bridgehead atoms. The van der Waals surface area contributed by atoms with Gasteiger partial charge in [0.05, 0.1) is 4.88 Å². The normalized spacial score (nSPS) is 10.4. The fourth-order valence-corrected chi connectivity index (χ4v) is 2.32. The number of hydrogen-bond acceptors (Lipinski definition) is 2. The van der Waals surface area contributed by atoms with Crippen LogP contribution in [0.5, 0.6) is 0 Å². The van der Waals surface area contributed by atoms with E-state index in [1.54, 1.807) is 11.3 Å². The van der Waals surface area contributed by atoms with E-state index in [1.165, 1.54) is 4.88 Å². The molecule has 2 rings (SSSR count). The zero-order valence-electron chi connectivity index (χ0n) is 8.81. The Morgan fingerprint density at radius 2 is 2.06 bits per heavy atom. The fraction of sp³-hybridized carbons (Fsp3) is 0.167. The molecule has 0 aliphatic heterocycles. The smallest absolute Gasteiger partial charge is 0.227 e. The number of Topliss-reactive ketones (excluding diaryl/α,β-unsaturated/α-hetero) is 1. The van der Waals surface area contributed by atoms with Gasteiger partial charge < -0.3 is 0 Å². The quantitative estimate of drug-likeness (QED) is 0.630. The lowest BCUT2D eigenvalue weighted by molar-refractivity contribution is -0.678. The number of aromatic nitrogens is 1. The first-order chi connectivity index (χ1) is 7.65. The van der Waals surface area contributed by atoms with E-state index in [4.69, 9.17) is 0 Å². The third-order valence-electron chi connectivity index (χ3n) is 2.21. The Bertz CT molecular complexity index is 504. The average Bonchev–Trinajstić information content (AvgIpc) is 2.65. The molecule has 82 valence electrons. The summed E-state index contributed by atoms with van der Waals surface area (Å²) in [7, 11) is 0. The molecule has 4 heteroatoms. The van der Waals surface area contributed by atoms with Gasteiger partial charge in [0.1, 0.15) is 0 Å². The van der Waals surface area contributed by atoms with E-state index in [1.807, 2.05) is 47.5 Å². The van der Waals surface area contributed by atoms with Crippen LogP contribution in [0.1, 0.15) is 15.2 Å². The lowest BCUT2D eigenvalue weighted by Crippen LogP contribution is -2.35. The van der Waals surface area contributed by atoms with E-state index in [0.29, 0.717) is 6.54 Å². The van der Waals surface area contributed by atoms with Crippen LogP contribution in [0.3, 0.4) is 0 Å². The Labute approximate surface area is 107 Å². The van der Waals surface area contributed by atoms with Crippen LogP contribution in [0, 0.1) is 6.92 Å². The molecule has 0 amide bonds. The molecule has 1 aromatic carbocycles. The van der Waals surface area contributed by atoms with E-state index in [9.17, 15) is 4.79 Å². The summed E-state index contributed by atoms with van der Waals surface area (Å²) in [5, 5.41) is 0. The maximum absolute atomic E-state index is 11.9. The summed E-state index contributed by atoms with van der Waals surface area (Å²) >= 11 is 5.00. The molecule has 2 aromatic rings. The summed E-state index contributed by atoms with van der Waals surface area (Å²) in [5.41, 5.74) is 2.71. The lowest BCUT2D eigenvalue weighted by Gasteiger charge is -1.96. The maximum atomic E-state index is 11.9. The van der Waals surface area contributed by atoms with Crippen molar-refractivity contribution in [3.63, 3.8) is 0 Å². The molecule has 1 aromatic heterocycles. The second-order valence-electron chi connectivity index (χ2n) is 3.57. The van der Waals surface area contributed by atoms with E-state index in [-0.39, 0.29) is 5.78 Å². The summed E-state index contributed by atoms with van der Waals surface area (Å²) in [4.78, 5) is 13.1. The van der Waals surface area contributed by atoms with Crippen molar-refractivity contribution in [2.24, 2.45) is 0 Å². The monoisotopic (exact) mass is 296 g/mol. The van der Waals surface area contributed by atoms with E-state index < -0.39 is 0 Å². The molecule has 16 heavy (non-hydrogen) atoms. The van der Waals surface area contributed by atoms with Crippen molar-refractivity contribution in [2.45, 2.75) is 13.5 Å². The average molecular weight is 297 g/mol. The largest absolute Gasteiger partial charge is 0.287 e. The highest BCUT2D eigenvalue weighted by atomic mass is 79.9. The van der Waals surface area contributed by atoms with Crippen LogP contribution in [0.15, 0.2) is 40.4 Å². The molecular formula is C12H11BrNOS+. The third-order valence-corrected chi connectivity index (χ3v) is 3.60. The lowest BCUT2D eigenvalue weighted by atomic mass is 10.1. The van der Waals surface area contributed by atoms with Crippen molar-refractivity contribution in [2.75, 3.05) is 0 Å². The first-order valence-corrected chi connectivity index (χ1v) is 6.55. The van der Waals surface area contributed by atoms with E-state index in [2.05, 4.69) is 15.9 Å². The zero-order chi connectivity index (χ0) is 11.5. The van der Waals surface area contributed by atoms with Crippen molar-refractivity contribution in [3.8, 4) is 0 Å². The minimum Gasteiger partial charge on any atom is -0.287 e. The number of aryl methyl sites for hydroxylation is 1. The maximum Gasteiger partial charge on any atom is 0.227 e. The van der Waals surface area contributed by atoms with Crippen molar-refractivity contribution < 1.29 is 9.36 Å². The van der Waals surface area contributed by atoms with Gasteiger partial charge in [-0.1, -0.05) is 39.4 Å². The molecule has 0 unspecified atom stereocenters. The molecule has 2 nitrogen and oxygen atoms in total. The second-order valence-corrected chi connectivity index (χ2v) is 5.57. The highest BCUT2D eigenvalue weighted by Gasteiger charge is 2.12. The van der Waals surface area contributed by atoms with Crippen LogP contribution in [0.25, 0.3) is 0 Å². The van der Waals surface area contributed by atoms with Gasteiger partial charge in [-0.2, -0.15) is 4.57 Å². The molecule has 0 saturated heterocycles. The number of carbonyl (C=O) groups is 1. The Hall–Kier alpha value is -1.00. The molecule has 0 fully saturated rings. The van der Waals surface area contributed by atoms with Gasteiger partial charge in [0.15, 0.2) is 6.20 Å². The minimum atomic E-state index is 0.135. The molecule has 1 heterocycles. The van der Waals surface area contributed by atoms with Gasteiger partial charge >= 0.3 is 0 Å². The van der Waals surface area contributed by atoms with Gasteiger partial charge in [0.25, 0.3) is 0 Å². The van der Waals surface area contributed by atoms with Crippen LogP contribution in [0.2, 0.25) is 0 Å². The molecule has 0 N–H and O–H groups in total. The number of thiazole rings is 1. The van der Waals surface area contributed by atoms with E-state index >= 15 is 0 Å². The summed E-state index contributed by atoms with van der Waals surface area (Å²) in [6.45, 7) is 2.44. The van der Waals surface area contributed by atoms with Gasteiger partial charge in [-0.05, 0) is 19.1 Å². The van der Waals surface area contributed by atoms with Crippen molar-refractivity contribution in [1.29, 1.82) is 0 Å². The van der Waals surface area contributed by atoms with Crippen LogP contribution >= 0.6 is 27.3 Å². The first kappa shape index (κ1) is 11.5. The highest BCUT2D eigenvalue weighted by molar-refractivity contribution is 9.10. The number of nitrogens with zero attached hydrogens (tertiary/aromatic N) is 1. The van der Waals surface area contributed by atoms with Gasteiger partial charge in [-0.3, -0.25) is 4.79 Å². The predicted molar refractivity (Wildman–Crippen MR) is 67.7 cm³/mol. The summed E-state index contributed by atoms with van der Waals surface area (Å²) < 4.78 is 2.91. The summed E-state index contributed by atoms with van der Waals surface area (Å²) in [6, 6.07) is 7.45. The number of carbonyl (C=O) groups excluding carboxylic acids is 1. The highest BCUT2D eigenvalue weighted by Crippen LogP contribution is 2.11. The molecule has 0 aliphatic carbocycles. The van der Waals surface area contributed by atoms with Crippen molar-refractivity contribution in [1.82, 2.24) is 0 Å². The van der Waals surface area contributed by atoms with Crippen LogP contribution in [-0.2, 0) is 6.54 Å². The van der Waals surface area contributed by atoms with Gasteiger partial charge in [0.2, 0.25) is 17.8 Å². The number of benzene rings is 1. The van der Waals surface area contributed by atoms with Crippen LogP contribution < -0.4 is 4.57 Å². The molecule has 0 aliphatic rings. The third kappa shape index (κ3) is 2.77. The minimum absolute atomic E-state index is 0.135. The van der Waals surface area contributed by atoms with E-state index in [0.717, 1.165) is 10.0 Å². The number of rotatable bonds is 3. The summed E-state index contributed by atoms with van der Waals surface area (Å²) in [5.74, 6) is 0.135. The van der Waals surface area contributed by atoms with Gasteiger partial charge in [-0.25, -0.2) is 0 Å². The van der Waals surface area contributed by atoms with Crippen molar-refractivity contribution in [3.05, 3.63) is 50.9 Å². The molecule has 0 atom stereocenters. The number of hydrogen-bond donors (Lipinski definition) is 0. The fourth-order valence-electron chi connectivity index (χ4n) is 1.42.